The molecular weight excluding hydrogens is 244 g/mol. The normalized spacial score (nSPS) is 11.9. The molecule has 98 valence electrons. The van der Waals surface area contributed by atoms with Crippen molar-refractivity contribution in [1.29, 1.82) is 0 Å². The molecule has 1 N–H and O–H groups in total. The molecule has 2 rings (SSSR count). The Balaban J connectivity index is 2.29. The van der Waals surface area contributed by atoms with Crippen molar-refractivity contribution in [1.82, 2.24) is 9.97 Å². The SMILES string of the molecule is Cc1ccnc(NC(C)c2ccccn2)c1[N+](=O)[O-]. The summed E-state index contributed by atoms with van der Waals surface area (Å²) in [6, 6.07) is 7.02. The fourth-order valence-corrected chi connectivity index (χ4v) is 1.80. The Hall–Kier alpha value is -2.50. The summed E-state index contributed by atoms with van der Waals surface area (Å²) in [4.78, 5) is 18.9. The summed E-state index contributed by atoms with van der Waals surface area (Å²) in [6.45, 7) is 3.58. The van der Waals surface area contributed by atoms with Gasteiger partial charge in [0.2, 0.25) is 5.82 Å². The molecular formula is C13H14N4O2. The van der Waals surface area contributed by atoms with Crippen molar-refractivity contribution in [3.63, 3.8) is 0 Å². The van der Waals surface area contributed by atoms with Crippen LogP contribution in [-0.4, -0.2) is 14.9 Å². The second-order valence-electron chi connectivity index (χ2n) is 4.20. The molecule has 0 saturated heterocycles. The average molecular weight is 258 g/mol. The summed E-state index contributed by atoms with van der Waals surface area (Å²) < 4.78 is 0. The van der Waals surface area contributed by atoms with Gasteiger partial charge >= 0.3 is 5.69 Å². The van der Waals surface area contributed by atoms with Crippen molar-refractivity contribution in [2.45, 2.75) is 19.9 Å². The molecule has 0 amide bonds. The molecule has 0 aliphatic heterocycles. The van der Waals surface area contributed by atoms with Crippen LogP contribution in [-0.2, 0) is 0 Å². The third kappa shape index (κ3) is 2.85. The molecule has 2 aromatic heterocycles. The van der Waals surface area contributed by atoms with E-state index in [0.717, 1.165) is 5.69 Å². The zero-order valence-electron chi connectivity index (χ0n) is 10.7. The Bertz CT molecular complexity index is 586. The molecule has 1 atom stereocenters. The molecule has 6 heteroatoms. The summed E-state index contributed by atoms with van der Waals surface area (Å²) in [7, 11) is 0. The highest BCUT2D eigenvalue weighted by Gasteiger charge is 2.20. The van der Waals surface area contributed by atoms with Crippen LogP contribution >= 0.6 is 0 Å². The van der Waals surface area contributed by atoms with Crippen molar-refractivity contribution < 1.29 is 4.92 Å². The number of aryl methyl sites for hydroxylation is 1. The topological polar surface area (TPSA) is 81.0 Å². The van der Waals surface area contributed by atoms with Gasteiger partial charge in [-0.05, 0) is 32.0 Å². The molecule has 0 radical (unpaired) electrons. The molecule has 0 fully saturated rings. The Morgan fingerprint density at radius 1 is 1.26 bits per heavy atom. The summed E-state index contributed by atoms with van der Waals surface area (Å²) in [5, 5.41) is 14.1. The molecule has 0 bridgehead atoms. The van der Waals surface area contributed by atoms with E-state index in [9.17, 15) is 10.1 Å². The molecule has 0 spiro atoms. The van der Waals surface area contributed by atoms with E-state index < -0.39 is 4.92 Å². The van der Waals surface area contributed by atoms with Crippen molar-refractivity contribution >= 4 is 11.5 Å². The van der Waals surface area contributed by atoms with Crippen LogP contribution in [0.4, 0.5) is 11.5 Å². The number of nitrogens with one attached hydrogen (secondary N) is 1. The number of aromatic nitrogens is 2. The van der Waals surface area contributed by atoms with Crippen LogP contribution in [0.25, 0.3) is 0 Å². The van der Waals surface area contributed by atoms with Crippen LogP contribution in [0.15, 0.2) is 36.7 Å². The third-order valence-corrected chi connectivity index (χ3v) is 2.79. The lowest BCUT2D eigenvalue weighted by Gasteiger charge is -2.14. The number of hydrogen-bond acceptors (Lipinski definition) is 5. The summed E-state index contributed by atoms with van der Waals surface area (Å²) >= 11 is 0. The lowest BCUT2D eigenvalue weighted by Crippen LogP contribution is -2.11. The molecule has 0 aliphatic rings. The van der Waals surface area contributed by atoms with E-state index in [1.165, 1.54) is 0 Å². The predicted octanol–water partition coefficient (Wildman–Crippen LogP) is 2.87. The van der Waals surface area contributed by atoms with Crippen LogP contribution in [0, 0.1) is 17.0 Å². The maximum Gasteiger partial charge on any atom is 0.314 e. The maximum atomic E-state index is 11.1. The van der Waals surface area contributed by atoms with Gasteiger partial charge in [0.1, 0.15) is 0 Å². The van der Waals surface area contributed by atoms with Gasteiger partial charge < -0.3 is 5.32 Å². The fourth-order valence-electron chi connectivity index (χ4n) is 1.80. The summed E-state index contributed by atoms with van der Waals surface area (Å²) in [5.74, 6) is 0.267. The number of nitro groups is 1. The molecule has 0 aliphatic carbocycles. The van der Waals surface area contributed by atoms with E-state index >= 15 is 0 Å². The van der Waals surface area contributed by atoms with Crippen molar-refractivity contribution in [2.75, 3.05) is 5.32 Å². The fraction of sp³-hybridized carbons (Fsp3) is 0.231. The van der Waals surface area contributed by atoms with E-state index in [0.29, 0.717) is 5.56 Å². The molecule has 2 heterocycles. The van der Waals surface area contributed by atoms with Gasteiger partial charge in [0.15, 0.2) is 0 Å². The number of rotatable bonds is 4. The summed E-state index contributed by atoms with van der Waals surface area (Å²) in [6.07, 6.45) is 3.24. The van der Waals surface area contributed by atoms with Crippen LogP contribution in [0.5, 0.6) is 0 Å². The first kappa shape index (κ1) is 12.9. The van der Waals surface area contributed by atoms with E-state index in [-0.39, 0.29) is 17.5 Å². The first-order valence-electron chi connectivity index (χ1n) is 5.87. The van der Waals surface area contributed by atoms with Crippen LogP contribution < -0.4 is 5.32 Å². The third-order valence-electron chi connectivity index (χ3n) is 2.79. The van der Waals surface area contributed by atoms with Crippen molar-refractivity contribution in [3.05, 3.63) is 58.0 Å². The first-order chi connectivity index (χ1) is 9.09. The minimum absolute atomic E-state index is 0.00489. The Kier molecular flexibility index (Phi) is 3.70. The number of nitrogens with zero attached hydrogens (tertiary/aromatic N) is 3. The highest BCUT2D eigenvalue weighted by Crippen LogP contribution is 2.28. The predicted molar refractivity (Wildman–Crippen MR) is 71.9 cm³/mol. The number of pyridine rings is 2. The molecule has 6 nitrogen and oxygen atoms in total. The maximum absolute atomic E-state index is 11.1. The average Bonchev–Trinajstić information content (AvgIpc) is 2.39. The number of anilines is 1. The molecule has 19 heavy (non-hydrogen) atoms. The quantitative estimate of drug-likeness (QED) is 0.673. The second kappa shape index (κ2) is 5.43. The lowest BCUT2D eigenvalue weighted by molar-refractivity contribution is -0.384. The zero-order valence-corrected chi connectivity index (χ0v) is 10.7. The summed E-state index contributed by atoms with van der Waals surface area (Å²) in [5.41, 5.74) is 1.39. The zero-order chi connectivity index (χ0) is 13.8. The van der Waals surface area contributed by atoms with Gasteiger partial charge in [0, 0.05) is 18.0 Å². The smallest absolute Gasteiger partial charge is 0.314 e. The molecule has 2 aromatic rings. The van der Waals surface area contributed by atoms with Gasteiger partial charge in [0.05, 0.1) is 16.7 Å². The molecule has 0 saturated carbocycles. The monoisotopic (exact) mass is 258 g/mol. The minimum Gasteiger partial charge on any atom is -0.356 e. The Morgan fingerprint density at radius 2 is 2.05 bits per heavy atom. The van der Waals surface area contributed by atoms with Crippen LogP contribution in [0.2, 0.25) is 0 Å². The Morgan fingerprint density at radius 3 is 2.68 bits per heavy atom. The largest absolute Gasteiger partial charge is 0.356 e. The van der Waals surface area contributed by atoms with Crippen LogP contribution in [0.3, 0.4) is 0 Å². The van der Waals surface area contributed by atoms with E-state index in [1.54, 1.807) is 25.4 Å². The van der Waals surface area contributed by atoms with Gasteiger partial charge in [-0.15, -0.1) is 0 Å². The van der Waals surface area contributed by atoms with E-state index in [2.05, 4.69) is 15.3 Å². The van der Waals surface area contributed by atoms with E-state index in [4.69, 9.17) is 0 Å². The van der Waals surface area contributed by atoms with Gasteiger partial charge in [-0.2, -0.15) is 0 Å². The number of hydrogen-bond donors (Lipinski definition) is 1. The van der Waals surface area contributed by atoms with Crippen LogP contribution in [0.1, 0.15) is 24.2 Å². The standard InChI is InChI=1S/C13H14N4O2/c1-9-6-8-15-13(12(9)17(18)19)16-10(2)11-5-3-4-7-14-11/h3-8,10H,1-2H3,(H,15,16). The minimum atomic E-state index is -0.421. The van der Waals surface area contributed by atoms with Crippen molar-refractivity contribution in [3.8, 4) is 0 Å². The van der Waals surface area contributed by atoms with Gasteiger partial charge in [0.25, 0.3) is 0 Å². The highest BCUT2D eigenvalue weighted by molar-refractivity contribution is 5.60. The van der Waals surface area contributed by atoms with Gasteiger partial charge in [-0.25, -0.2) is 4.98 Å². The van der Waals surface area contributed by atoms with Gasteiger partial charge in [-0.1, -0.05) is 6.07 Å². The molecule has 0 aromatic carbocycles. The van der Waals surface area contributed by atoms with E-state index in [1.807, 2.05) is 25.1 Å². The second-order valence-corrected chi connectivity index (χ2v) is 4.20. The highest BCUT2D eigenvalue weighted by atomic mass is 16.6. The molecule has 1 unspecified atom stereocenters. The van der Waals surface area contributed by atoms with Gasteiger partial charge in [-0.3, -0.25) is 15.1 Å². The van der Waals surface area contributed by atoms with Crippen molar-refractivity contribution in [2.24, 2.45) is 0 Å². The lowest BCUT2D eigenvalue weighted by atomic mass is 10.2. The Labute approximate surface area is 110 Å². The first-order valence-corrected chi connectivity index (χ1v) is 5.87.